The number of aromatic amines is 1. The molecule has 44 nitrogen and oxygen atoms in total. The lowest BCUT2D eigenvalue weighted by molar-refractivity contribution is -0.137. The lowest BCUT2D eigenvalue weighted by Crippen LogP contribution is -2.61. The Bertz CT molecular complexity index is 4090. The number of carbonyl (C=O) groups is 16. The van der Waals surface area contributed by atoms with Crippen LogP contribution in [0.2, 0.25) is 0 Å². The summed E-state index contributed by atoms with van der Waals surface area (Å²) in [6.07, 6.45) is 5.16. The number of H-pyrrole nitrogens is 1. The summed E-state index contributed by atoms with van der Waals surface area (Å²) < 4.78 is 38.0. The highest BCUT2D eigenvalue weighted by Gasteiger charge is 2.43. The summed E-state index contributed by atoms with van der Waals surface area (Å²) in [5.41, 5.74) is 12.0. The van der Waals surface area contributed by atoms with E-state index in [1.165, 1.54) is 81.8 Å². The molecule has 0 saturated carbocycles. The third kappa shape index (κ3) is 37.7. The maximum atomic E-state index is 14.8. The number of ether oxygens (including phenoxy) is 4. The monoisotopic (exact) mass is 1770 g/mol. The van der Waals surface area contributed by atoms with Crippen LogP contribution in [0, 0.1) is 5.92 Å². The van der Waals surface area contributed by atoms with Crippen LogP contribution in [0.5, 0.6) is 11.5 Å². The van der Waals surface area contributed by atoms with Gasteiger partial charge in [-0.3, -0.25) is 81.7 Å². The fourth-order valence-corrected chi connectivity index (χ4v) is 14.8. The molecular formula is C77H116N19O25PS. The number of phosphoric acid groups is 1. The number of urea groups is 1. The smallest absolute Gasteiger partial charge is 0.508 e. The minimum absolute atomic E-state index is 0.0139. The molecule has 3 aromatic rings. The molecule has 3 fully saturated rings. The van der Waals surface area contributed by atoms with Gasteiger partial charge in [0.2, 0.25) is 88.6 Å². The Labute approximate surface area is 714 Å². The van der Waals surface area contributed by atoms with Crippen LogP contribution in [-0.2, 0) is 115 Å². The Kier molecular flexibility index (Phi) is 42.9. The van der Waals surface area contributed by atoms with Gasteiger partial charge >= 0.3 is 13.9 Å². The number of phenolic OH excluding ortho intramolecular Hbond substituents is 1. The lowest BCUT2D eigenvalue weighted by atomic mass is 9.96. The molecule has 4 heterocycles. The van der Waals surface area contributed by atoms with Gasteiger partial charge in [-0.2, -0.15) is 11.8 Å². The van der Waals surface area contributed by atoms with Gasteiger partial charge in [0, 0.05) is 74.6 Å². The summed E-state index contributed by atoms with van der Waals surface area (Å²) in [7, 11) is -5.01. The van der Waals surface area contributed by atoms with E-state index in [2.05, 4.69) is 94.2 Å². The number of primary amides is 2. The van der Waals surface area contributed by atoms with E-state index in [4.69, 9.17) is 30.4 Å². The van der Waals surface area contributed by atoms with Gasteiger partial charge in [0.05, 0.1) is 64.5 Å². The van der Waals surface area contributed by atoms with Gasteiger partial charge in [0.15, 0.2) is 0 Å². The van der Waals surface area contributed by atoms with Crippen LogP contribution in [0.1, 0.15) is 128 Å². The van der Waals surface area contributed by atoms with E-state index >= 15 is 0 Å². The number of fused-ring (bicyclic) bond motifs is 1. The van der Waals surface area contributed by atoms with Crippen LogP contribution in [0.25, 0.3) is 0 Å². The van der Waals surface area contributed by atoms with Crippen molar-refractivity contribution < 1.29 is 120 Å². The Morgan fingerprint density at radius 3 is 1.62 bits per heavy atom. The molecule has 0 bridgehead atoms. The normalized spacial score (nSPS) is 22.7. The Morgan fingerprint density at radius 1 is 0.537 bits per heavy atom. The SMILES string of the molecule is CC[C@H](C)[C@H]1NC(=O)[C@H](Cc2ccc(OP(=O)(O)O)cc2)NC(=O)[C@H](C)NC(=O)[C@H](C)NC(=O)[C@H](C)NC(=O)[C@H](CCC(=O)NCCOCCOCC(=O)NCCOCCOCC(=O)N[C@@H](CCCCNC(=O)CCCCC[C@@H]2SC[C@@H]3NC(=O)N[C@@H]32)C(N)=O)NC(=O)[C@H](Cc2cnc[nH]2)NC(=O)[C@H](Cc2ccc(O)cc2)NC(=O)[C@H](CC(N)=O)NC1=O. The maximum Gasteiger partial charge on any atom is 0.524 e. The number of nitrogens with one attached hydrogen (secondary N) is 16. The molecule has 6 rings (SSSR count). The fraction of sp³-hybridized carbons (Fsp3) is 0.597. The molecule has 3 aliphatic heterocycles. The number of phenols is 1. The fourth-order valence-electron chi connectivity index (χ4n) is 12.8. The average molecular weight is 1770 g/mol. The third-order valence-electron chi connectivity index (χ3n) is 19.8. The second kappa shape index (κ2) is 52.4. The van der Waals surface area contributed by atoms with Gasteiger partial charge in [-0.25, -0.2) is 14.3 Å². The van der Waals surface area contributed by atoms with Gasteiger partial charge in [-0.05, 0) is 101 Å². The predicted molar refractivity (Wildman–Crippen MR) is 440 cm³/mol. The average Bonchev–Trinajstić information content (AvgIpc) is 1.71. The zero-order chi connectivity index (χ0) is 90.1. The molecule has 0 unspecified atom stereocenters. The van der Waals surface area contributed by atoms with E-state index in [0.717, 1.165) is 31.4 Å². The number of hydrogen-bond acceptors (Lipinski definition) is 25. The summed E-state index contributed by atoms with van der Waals surface area (Å²) in [5.74, 6) is -13.2. The van der Waals surface area contributed by atoms with Gasteiger partial charge in [0.25, 0.3) is 0 Å². The number of nitrogens with two attached hydrogens (primary N) is 2. The Balaban J connectivity index is 1.000. The largest absolute Gasteiger partial charge is 0.524 e. The van der Waals surface area contributed by atoms with E-state index in [-0.39, 0.29) is 145 Å². The molecule has 680 valence electrons. The molecule has 3 saturated heterocycles. The van der Waals surface area contributed by atoms with Gasteiger partial charge in [0.1, 0.15) is 85.1 Å². The van der Waals surface area contributed by atoms with E-state index in [9.17, 15) is 96.2 Å². The number of thioether (sulfide) groups is 1. The number of benzene rings is 2. The number of rotatable bonds is 44. The van der Waals surface area contributed by atoms with Crippen molar-refractivity contribution in [2.45, 2.75) is 209 Å². The number of hydrogen-bond donors (Lipinski definition) is 21. The van der Waals surface area contributed by atoms with E-state index in [1.54, 1.807) is 13.8 Å². The first-order chi connectivity index (χ1) is 58.5. The number of amides is 17. The first kappa shape index (κ1) is 101. The van der Waals surface area contributed by atoms with Crippen molar-refractivity contribution >= 4 is 114 Å². The number of nitrogens with zero attached hydrogens (tertiary/aromatic N) is 1. The summed E-state index contributed by atoms with van der Waals surface area (Å²) in [4.78, 5) is 242. The number of carbonyl (C=O) groups excluding carboxylic acids is 16. The van der Waals surface area contributed by atoms with E-state index in [0.29, 0.717) is 36.6 Å². The van der Waals surface area contributed by atoms with Crippen molar-refractivity contribution in [3.05, 3.63) is 77.9 Å². The highest BCUT2D eigenvalue weighted by molar-refractivity contribution is 8.00. The molecule has 23 N–H and O–H groups in total. The molecule has 0 spiro atoms. The number of unbranched alkanes of at least 4 members (excludes halogenated alkanes) is 3. The van der Waals surface area contributed by atoms with Crippen molar-refractivity contribution in [1.82, 2.24) is 89.7 Å². The van der Waals surface area contributed by atoms with Crippen molar-refractivity contribution in [2.24, 2.45) is 17.4 Å². The molecule has 0 radical (unpaired) electrons. The first-order valence-corrected chi connectivity index (χ1v) is 43.1. The highest BCUT2D eigenvalue weighted by Crippen LogP contribution is 2.38. The lowest BCUT2D eigenvalue weighted by Gasteiger charge is -2.29. The van der Waals surface area contributed by atoms with Crippen LogP contribution in [0.3, 0.4) is 0 Å². The van der Waals surface area contributed by atoms with E-state index in [1.807, 2.05) is 11.8 Å². The summed E-state index contributed by atoms with van der Waals surface area (Å²) in [6.45, 7) is 6.74. The van der Waals surface area contributed by atoms with Gasteiger partial charge < -0.3 is 125 Å². The number of aromatic nitrogens is 2. The summed E-state index contributed by atoms with van der Waals surface area (Å²) in [5, 5.41) is 49.7. The maximum absolute atomic E-state index is 14.8. The standard InChI is InChI=1S/C77H116N19O25PS/c1-6-43(2)65-76(112)93-57(37-60(78)98)74(110)91-54(34-47-15-19-50(97)20-16-47)72(108)92-56(36-49-38-80-42-84-49)73(109)89-53(71(107)87-45(4)69(105)85-44(3)68(104)86-46(5)70(106)90-55(75(111)95-65)35-48-17-21-51(22-18-48)121-122(114,115)116)23-24-62(100)82-26-28-117-30-32-119-39-63(101)83-27-29-118-31-33-120-40-64(102)88-52(67(79)103)12-10-11-25-81-61(99)14-9-7-8-13-59-66-58(41-123-59)94-77(113)96-66/h15-22,38,42-46,52-59,65-66,97H,6-14,23-37,39-41H2,1-5H3,(H2,78,98)(H2,79,103)(H,80,84)(H,81,99)(H,82,100)(H,83,101)(H,85,105)(H,86,104)(H,87,107)(H,88,102)(H,89,109)(H,90,106)(H,91,110)(H,92,108)(H,93,112)(H,95,111)(H2,94,96,113)(H2,114,115,116)/t43-,44-,45-,46-,52-,53-,54-,55-,56-,57-,58-,59-,65+,66-/m0/s1. The van der Waals surface area contributed by atoms with E-state index < -0.39 is 176 Å². The quantitative estimate of drug-likeness (QED) is 0.0144. The zero-order valence-corrected chi connectivity index (χ0v) is 70.9. The number of phosphoric ester groups is 1. The minimum Gasteiger partial charge on any atom is -0.508 e. The van der Waals surface area contributed by atoms with Crippen LogP contribution < -0.4 is 95.7 Å². The second-order valence-corrected chi connectivity index (χ2v) is 32.2. The Morgan fingerprint density at radius 2 is 1.04 bits per heavy atom. The third-order valence-corrected chi connectivity index (χ3v) is 21.8. The summed E-state index contributed by atoms with van der Waals surface area (Å²) >= 11 is 1.86. The zero-order valence-electron chi connectivity index (χ0n) is 69.2. The Hall–Kier alpha value is -11.1. The van der Waals surface area contributed by atoms with Crippen LogP contribution >= 0.6 is 19.6 Å². The number of aromatic hydroxyl groups is 1. The van der Waals surface area contributed by atoms with Crippen LogP contribution in [0.15, 0.2) is 61.1 Å². The molecule has 3 aliphatic rings. The van der Waals surface area contributed by atoms with Crippen molar-refractivity contribution in [3.63, 3.8) is 0 Å². The van der Waals surface area contributed by atoms with Gasteiger partial charge in [-0.1, -0.05) is 57.4 Å². The minimum atomic E-state index is -5.01. The molecule has 0 aliphatic carbocycles. The van der Waals surface area contributed by atoms with Crippen LogP contribution in [-0.4, -0.2) is 275 Å². The second-order valence-electron chi connectivity index (χ2n) is 29.8. The van der Waals surface area contributed by atoms with Crippen molar-refractivity contribution in [1.29, 1.82) is 0 Å². The number of imidazole rings is 1. The first-order valence-electron chi connectivity index (χ1n) is 40.5. The van der Waals surface area contributed by atoms with Crippen molar-refractivity contribution in [3.8, 4) is 11.5 Å². The molecule has 1 aromatic heterocycles. The van der Waals surface area contributed by atoms with Crippen molar-refractivity contribution in [2.75, 3.05) is 78.2 Å². The molecule has 123 heavy (non-hydrogen) atoms. The van der Waals surface area contributed by atoms with Crippen LogP contribution in [0.4, 0.5) is 4.79 Å². The molecular weight excluding hydrogens is 1650 g/mol. The molecule has 17 amide bonds. The summed E-state index contributed by atoms with van der Waals surface area (Å²) in [6, 6.07) is -4.84. The van der Waals surface area contributed by atoms with Gasteiger partial charge in [-0.15, -0.1) is 0 Å². The molecule has 46 heteroatoms. The molecule has 2 aromatic carbocycles. The molecule has 14 atom stereocenters. The predicted octanol–water partition coefficient (Wildman–Crippen LogP) is -4.58. The topological polar surface area (TPSA) is 658 Å². The highest BCUT2D eigenvalue weighted by atomic mass is 32.2.